The number of allylic oxidation sites excluding steroid dienone is 12. The lowest BCUT2D eigenvalue weighted by Crippen LogP contribution is -2.01. The van der Waals surface area contributed by atoms with E-state index in [1.165, 1.54) is 88.9 Å². The summed E-state index contributed by atoms with van der Waals surface area (Å²) in [5.41, 5.74) is 19.9. The Morgan fingerprint density at radius 3 is 1.57 bits per heavy atom. The molecular formula is C35H30N2. The molecule has 4 aromatic rings. The first kappa shape index (κ1) is 21.1. The van der Waals surface area contributed by atoms with Gasteiger partial charge in [-0.3, -0.25) is 0 Å². The molecule has 0 radical (unpaired) electrons. The summed E-state index contributed by atoms with van der Waals surface area (Å²) in [7, 11) is 4.52. The van der Waals surface area contributed by atoms with Gasteiger partial charge in [-0.1, -0.05) is 59.7 Å². The van der Waals surface area contributed by atoms with Crippen LogP contribution in [0.2, 0.25) is 0 Å². The van der Waals surface area contributed by atoms with E-state index in [1.54, 1.807) is 0 Å². The van der Waals surface area contributed by atoms with Crippen molar-refractivity contribution in [3.63, 3.8) is 0 Å². The molecule has 0 aliphatic heterocycles. The second-order valence-corrected chi connectivity index (χ2v) is 11.1. The minimum Gasteiger partial charge on any atom is -0.343 e. The summed E-state index contributed by atoms with van der Waals surface area (Å²) in [6.45, 7) is 4.41. The lowest BCUT2D eigenvalue weighted by Gasteiger charge is -2.17. The summed E-state index contributed by atoms with van der Waals surface area (Å²) < 4.78 is 4.91. The SMILES string of the molecule is Cc1ccc2c(c1)c1c(n2C)C(CC2=C3CC=CC=C3c3c2n(C)c2ccc(C)cc32)=C2CC=CC=C21. The molecule has 2 heterocycles. The van der Waals surface area contributed by atoms with Gasteiger partial charge in [0.05, 0.1) is 11.4 Å². The molecule has 0 unspecified atom stereocenters. The van der Waals surface area contributed by atoms with Crippen molar-refractivity contribution in [2.45, 2.75) is 33.1 Å². The van der Waals surface area contributed by atoms with Crippen molar-refractivity contribution in [1.82, 2.24) is 9.13 Å². The van der Waals surface area contributed by atoms with E-state index in [2.05, 4.69) is 110 Å². The van der Waals surface area contributed by atoms with E-state index in [0.29, 0.717) is 0 Å². The second kappa shape index (κ2) is 7.26. The largest absolute Gasteiger partial charge is 0.343 e. The molecule has 0 spiro atoms. The molecule has 0 saturated heterocycles. The maximum Gasteiger partial charge on any atom is 0.0533 e. The van der Waals surface area contributed by atoms with Crippen molar-refractivity contribution in [1.29, 1.82) is 0 Å². The van der Waals surface area contributed by atoms with Gasteiger partial charge in [-0.25, -0.2) is 0 Å². The molecule has 4 aliphatic carbocycles. The average molecular weight is 479 g/mol. The molecule has 37 heavy (non-hydrogen) atoms. The highest BCUT2D eigenvalue weighted by Crippen LogP contribution is 2.55. The highest BCUT2D eigenvalue weighted by Gasteiger charge is 2.37. The lowest BCUT2D eigenvalue weighted by atomic mass is 9.91. The van der Waals surface area contributed by atoms with Crippen LogP contribution >= 0.6 is 0 Å². The van der Waals surface area contributed by atoms with Crippen LogP contribution in [0.5, 0.6) is 0 Å². The van der Waals surface area contributed by atoms with Crippen LogP contribution in [-0.4, -0.2) is 9.13 Å². The van der Waals surface area contributed by atoms with Crippen LogP contribution < -0.4 is 0 Å². The van der Waals surface area contributed by atoms with E-state index < -0.39 is 0 Å². The van der Waals surface area contributed by atoms with Crippen LogP contribution in [0.3, 0.4) is 0 Å². The van der Waals surface area contributed by atoms with Gasteiger partial charge in [0.2, 0.25) is 0 Å². The van der Waals surface area contributed by atoms with Crippen molar-refractivity contribution in [2.75, 3.05) is 0 Å². The number of aryl methyl sites for hydroxylation is 4. The first-order valence-electron chi connectivity index (χ1n) is 13.4. The summed E-state index contributed by atoms with van der Waals surface area (Å²) in [6, 6.07) is 13.8. The number of aromatic nitrogens is 2. The summed E-state index contributed by atoms with van der Waals surface area (Å²) in [4.78, 5) is 0. The minimum atomic E-state index is 0.966. The smallest absolute Gasteiger partial charge is 0.0533 e. The molecule has 8 rings (SSSR count). The van der Waals surface area contributed by atoms with Crippen LogP contribution in [0.1, 0.15) is 52.9 Å². The van der Waals surface area contributed by atoms with Crippen molar-refractivity contribution < 1.29 is 0 Å². The maximum absolute atomic E-state index is 2.45. The standard InChI is InChI=1S/C35H30N2/c1-20-13-15-30-28(17-20)32-24-11-7-5-9-22(24)26(34(32)36(30)3)19-27-23-10-6-8-12-25(23)33-29-18-21(2)14-16-31(29)37(4)35(27)33/h5-8,11-18H,9-10,19H2,1-4H3. The first-order valence-corrected chi connectivity index (χ1v) is 13.4. The third-order valence-electron chi connectivity index (χ3n) is 8.99. The number of rotatable bonds is 2. The predicted molar refractivity (Wildman–Crippen MR) is 157 cm³/mol. The Morgan fingerprint density at radius 1 is 0.649 bits per heavy atom. The summed E-state index contributed by atoms with van der Waals surface area (Å²) >= 11 is 0. The van der Waals surface area contributed by atoms with E-state index in [-0.39, 0.29) is 0 Å². The molecule has 2 aromatic carbocycles. The fraction of sp³-hybridized carbons (Fsp3) is 0.200. The summed E-state index contributed by atoms with van der Waals surface area (Å²) in [5, 5.41) is 2.77. The zero-order chi connectivity index (χ0) is 25.0. The van der Waals surface area contributed by atoms with Gasteiger partial charge < -0.3 is 9.13 Å². The highest BCUT2D eigenvalue weighted by atomic mass is 15.0. The first-order chi connectivity index (χ1) is 18.0. The Labute approximate surface area is 217 Å². The van der Waals surface area contributed by atoms with Crippen molar-refractivity contribution in [3.8, 4) is 0 Å². The lowest BCUT2D eigenvalue weighted by molar-refractivity contribution is 0.931. The molecule has 0 atom stereocenters. The van der Waals surface area contributed by atoms with Gasteiger partial charge in [0, 0.05) is 53.4 Å². The van der Waals surface area contributed by atoms with Crippen molar-refractivity contribution in [2.24, 2.45) is 14.1 Å². The van der Waals surface area contributed by atoms with E-state index in [0.717, 1.165) is 19.3 Å². The van der Waals surface area contributed by atoms with Crippen LogP contribution in [-0.2, 0) is 14.1 Å². The number of nitrogens with zero attached hydrogens (tertiary/aromatic N) is 2. The molecule has 0 saturated carbocycles. The van der Waals surface area contributed by atoms with Gasteiger partial charge in [0.25, 0.3) is 0 Å². The average Bonchev–Trinajstić information content (AvgIpc) is 3.58. The third-order valence-corrected chi connectivity index (χ3v) is 8.99. The molecule has 4 aliphatic rings. The Morgan fingerprint density at radius 2 is 1.11 bits per heavy atom. The second-order valence-electron chi connectivity index (χ2n) is 11.1. The van der Waals surface area contributed by atoms with Crippen molar-refractivity contribution in [3.05, 3.63) is 118 Å². The van der Waals surface area contributed by atoms with Gasteiger partial charge in [-0.2, -0.15) is 0 Å². The van der Waals surface area contributed by atoms with E-state index in [1.807, 2.05) is 0 Å². The fourth-order valence-corrected chi connectivity index (χ4v) is 7.37. The van der Waals surface area contributed by atoms with Crippen LogP contribution in [0.15, 0.2) is 84.0 Å². The van der Waals surface area contributed by atoms with E-state index in [9.17, 15) is 0 Å². The van der Waals surface area contributed by atoms with Gasteiger partial charge >= 0.3 is 0 Å². The molecule has 2 aromatic heterocycles. The fourth-order valence-electron chi connectivity index (χ4n) is 7.37. The van der Waals surface area contributed by atoms with Crippen LogP contribution in [0.25, 0.3) is 44.1 Å². The van der Waals surface area contributed by atoms with Gasteiger partial charge in [0.15, 0.2) is 0 Å². The van der Waals surface area contributed by atoms with Crippen LogP contribution in [0, 0.1) is 13.8 Å². The van der Waals surface area contributed by atoms with E-state index in [4.69, 9.17) is 0 Å². The number of benzene rings is 2. The minimum absolute atomic E-state index is 0.966. The summed E-state index contributed by atoms with van der Waals surface area (Å²) in [6.07, 6.45) is 16.8. The molecule has 180 valence electrons. The zero-order valence-electron chi connectivity index (χ0n) is 21.9. The molecule has 2 nitrogen and oxygen atoms in total. The van der Waals surface area contributed by atoms with Gasteiger partial charge in [0.1, 0.15) is 0 Å². The van der Waals surface area contributed by atoms with Crippen LogP contribution in [0.4, 0.5) is 0 Å². The third kappa shape index (κ3) is 2.65. The predicted octanol–water partition coefficient (Wildman–Crippen LogP) is 8.60. The Bertz CT molecular complexity index is 1780. The molecule has 0 fully saturated rings. The van der Waals surface area contributed by atoms with Gasteiger partial charge in [-0.15, -0.1) is 0 Å². The highest BCUT2D eigenvalue weighted by molar-refractivity contribution is 6.15. The van der Waals surface area contributed by atoms with E-state index >= 15 is 0 Å². The Balaban J connectivity index is 1.39. The summed E-state index contributed by atoms with van der Waals surface area (Å²) in [5.74, 6) is 0. The maximum atomic E-state index is 2.45. The molecule has 0 N–H and O–H groups in total. The Hall–Kier alpha value is -4.04. The molecule has 0 amide bonds. The topological polar surface area (TPSA) is 9.86 Å². The monoisotopic (exact) mass is 478 g/mol. The van der Waals surface area contributed by atoms with Crippen molar-refractivity contribution >= 4 is 44.1 Å². The number of fused-ring (bicyclic) bond motifs is 10. The number of hydrogen-bond donors (Lipinski definition) is 0. The van der Waals surface area contributed by atoms with Gasteiger partial charge in [-0.05, 0) is 84.4 Å². The molecular weight excluding hydrogens is 448 g/mol. The Kier molecular flexibility index (Phi) is 4.14. The quantitative estimate of drug-likeness (QED) is 0.273. The molecule has 2 heteroatoms. The normalized spacial score (nSPS) is 17.5. The number of hydrogen-bond acceptors (Lipinski definition) is 0. The zero-order valence-corrected chi connectivity index (χ0v) is 21.9. The molecule has 0 bridgehead atoms.